The van der Waals surface area contributed by atoms with E-state index in [4.69, 9.17) is 0 Å². The molecule has 5 heteroatoms. The van der Waals surface area contributed by atoms with Crippen LogP contribution in [-0.4, -0.2) is 11.9 Å². The zero-order valence-corrected chi connectivity index (χ0v) is 8.27. The van der Waals surface area contributed by atoms with Gasteiger partial charge in [0.15, 0.2) is 0 Å². The van der Waals surface area contributed by atoms with Gasteiger partial charge in [-0.25, -0.2) is 4.39 Å². The van der Waals surface area contributed by atoms with E-state index in [1.54, 1.807) is 0 Å². The Morgan fingerprint density at radius 1 is 1.25 bits per heavy atom. The van der Waals surface area contributed by atoms with Gasteiger partial charge >= 0.3 is 0 Å². The van der Waals surface area contributed by atoms with Crippen molar-refractivity contribution in [2.24, 2.45) is 0 Å². The topological polar surface area (TPSA) is 69.2 Å². The number of benzene rings is 1. The van der Waals surface area contributed by atoms with Gasteiger partial charge in [-0.3, -0.25) is 4.79 Å². The van der Waals surface area contributed by atoms with Crippen LogP contribution in [0.5, 0.6) is 0 Å². The first-order valence-corrected chi connectivity index (χ1v) is 4.49. The monoisotopic (exact) mass is 222 g/mol. The Hall–Kier alpha value is -2.17. The number of hydrogen-bond donors (Lipinski definition) is 1. The quantitative estimate of drug-likeness (QED) is 0.714. The maximum atomic E-state index is 12.5. The molecular formula is C11H9FNO3-. The zero-order chi connectivity index (χ0) is 12.0. The molecular weight excluding hydrogens is 213 g/mol. The summed E-state index contributed by atoms with van der Waals surface area (Å²) >= 11 is 0. The summed E-state index contributed by atoms with van der Waals surface area (Å²) in [7, 11) is 0. The van der Waals surface area contributed by atoms with E-state index in [0.717, 1.165) is 11.6 Å². The average Bonchev–Trinajstić information content (AvgIpc) is 2.25. The molecule has 0 saturated heterocycles. The van der Waals surface area contributed by atoms with Crippen molar-refractivity contribution in [2.45, 2.75) is 6.54 Å². The van der Waals surface area contributed by atoms with Gasteiger partial charge in [-0.2, -0.15) is 0 Å². The first-order chi connectivity index (χ1) is 7.58. The molecule has 0 aliphatic heterocycles. The van der Waals surface area contributed by atoms with Crippen LogP contribution in [0.25, 0.3) is 0 Å². The minimum atomic E-state index is -1.43. The SMILES string of the molecule is O=C([O-])C=CC(=O)NCc1ccc(F)cc1. The van der Waals surface area contributed by atoms with Gasteiger partial charge in [-0.05, 0) is 23.8 Å². The number of carboxylic acids is 1. The van der Waals surface area contributed by atoms with Gasteiger partial charge < -0.3 is 15.2 Å². The molecule has 0 bridgehead atoms. The highest BCUT2D eigenvalue weighted by Crippen LogP contribution is 2.01. The summed E-state index contributed by atoms with van der Waals surface area (Å²) in [5, 5.41) is 12.4. The third kappa shape index (κ3) is 4.36. The molecule has 4 nitrogen and oxygen atoms in total. The Bertz CT molecular complexity index is 412. The van der Waals surface area contributed by atoms with Gasteiger partial charge in [-0.1, -0.05) is 12.1 Å². The smallest absolute Gasteiger partial charge is 0.244 e. The summed E-state index contributed by atoms with van der Waals surface area (Å²) in [6.45, 7) is 0.205. The van der Waals surface area contributed by atoms with Crippen LogP contribution in [0.15, 0.2) is 36.4 Å². The summed E-state index contributed by atoms with van der Waals surface area (Å²) in [6.07, 6.45) is 1.50. The number of rotatable bonds is 4. The largest absolute Gasteiger partial charge is 0.545 e. The van der Waals surface area contributed by atoms with E-state index in [-0.39, 0.29) is 12.4 Å². The number of carbonyl (C=O) groups is 2. The van der Waals surface area contributed by atoms with Gasteiger partial charge in [0.1, 0.15) is 5.82 Å². The van der Waals surface area contributed by atoms with E-state index in [1.807, 2.05) is 0 Å². The molecule has 84 valence electrons. The van der Waals surface area contributed by atoms with Crippen LogP contribution in [0.1, 0.15) is 5.56 Å². The highest BCUT2D eigenvalue weighted by atomic mass is 19.1. The van der Waals surface area contributed by atoms with Crippen molar-refractivity contribution in [3.63, 3.8) is 0 Å². The van der Waals surface area contributed by atoms with Crippen molar-refractivity contribution in [2.75, 3.05) is 0 Å². The van der Waals surface area contributed by atoms with Crippen LogP contribution in [0.4, 0.5) is 4.39 Å². The first-order valence-electron chi connectivity index (χ1n) is 4.49. The molecule has 1 rings (SSSR count). The van der Waals surface area contributed by atoms with Crippen molar-refractivity contribution in [1.82, 2.24) is 5.32 Å². The van der Waals surface area contributed by atoms with E-state index in [0.29, 0.717) is 6.08 Å². The van der Waals surface area contributed by atoms with Gasteiger partial charge in [0.25, 0.3) is 0 Å². The Balaban J connectivity index is 2.43. The Labute approximate surface area is 91.4 Å². The Morgan fingerprint density at radius 2 is 1.88 bits per heavy atom. The normalized spacial score (nSPS) is 10.3. The predicted octanol–water partition coefficient (Wildman–Crippen LogP) is -0.252. The van der Waals surface area contributed by atoms with Crippen LogP contribution in [0.2, 0.25) is 0 Å². The lowest BCUT2D eigenvalue weighted by molar-refractivity contribution is -0.297. The number of halogens is 1. The van der Waals surface area contributed by atoms with Crippen molar-refractivity contribution in [1.29, 1.82) is 0 Å². The number of carboxylic acid groups (broad SMARTS) is 1. The fraction of sp³-hybridized carbons (Fsp3) is 0.0909. The van der Waals surface area contributed by atoms with Crippen LogP contribution in [0, 0.1) is 5.82 Å². The van der Waals surface area contributed by atoms with E-state index in [2.05, 4.69) is 5.32 Å². The van der Waals surface area contributed by atoms with Crippen molar-refractivity contribution in [3.8, 4) is 0 Å². The molecule has 0 unspecified atom stereocenters. The molecule has 0 spiro atoms. The molecule has 0 atom stereocenters. The molecule has 16 heavy (non-hydrogen) atoms. The average molecular weight is 222 g/mol. The lowest BCUT2D eigenvalue weighted by Crippen LogP contribution is -2.23. The molecule has 1 amide bonds. The lowest BCUT2D eigenvalue weighted by Gasteiger charge is -2.02. The van der Waals surface area contributed by atoms with Crippen LogP contribution in [0.3, 0.4) is 0 Å². The molecule has 1 aromatic rings. The van der Waals surface area contributed by atoms with Crippen molar-refractivity contribution >= 4 is 11.9 Å². The number of nitrogens with one attached hydrogen (secondary N) is 1. The lowest BCUT2D eigenvalue weighted by atomic mass is 10.2. The number of carbonyl (C=O) groups excluding carboxylic acids is 2. The van der Waals surface area contributed by atoms with E-state index < -0.39 is 11.9 Å². The van der Waals surface area contributed by atoms with Gasteiger partial charge in [-0.15, -0.1) is 0 Å². The first kappa shape index (κ1) is 11.9. The molecule has 1 N–H and O–H groups in total. The molecule has 0 aliphatic carbocycles. The third-order valence-electron chi connectivity index (χ3n) is 1.75. The minimum absolute atomic E-state index is 0.205. The third-order valence-corrected chi connectivity index (χ3v) is 1.75. The number of aliphatic carboxylic acids is 1. The predicted molar refractivity (Wildman–Crippen MR) is 52.4 cm³/mol. The maximum Gasteiger partial charge on any atom is 0.244 e. The zero-order valence-electron chi connectivity index (χ0n) is 8.27. The van der Waals surface area contributed by atoms with Crippen LogP contribution < -0.4 is 10.4 Å². The summed E-state index contributed by atoms with van der Waals surface area (Å²) < 4.78 is 12.5. The van der Waals surface area contributed by atoms with Crippen LogP contribution in [-0.2, 0) is 16.1 Å². The minimum Gasteiger partial charge on any atom is -0.545 e. The molecule has 0 heterocycles. The molecule has 0 fully saturated rings. The van der Waals surface area contributed by atoms with Crippen LogP contribution >= 0.6 is 0 Å². The highest BCUT2D eigenvalue weighted by Gasteiger charge is 1.96. The second kappa shape index (κ2) is 5.65. The van der Waals surface area contributed by atoms with E-state index >= 15 is 0 Å². The second-order valence-corrected chi connectivity index (χ2v) is 3.00. The molecule has 0 aromatic heterocycles. The van der Waals surface area contributed by atoms with E-state index in [1.165, 1.54) is 24.3 Å². The van der Waals surface area contributed by atoms with Gasteiger partial charge in [0.2, 0.25) is 5.91 Å². The Morgan fingerprint density at radius 3 is 2.44 bits per heavy atom. The van der Waals surface area contributed by atoms with Crippen molar-refractivity contribution in [3.05, 3.63) is 47.8 Å². The summed E-state index contributed by atoms with van der Waals surface area (Å²) in [6, 6.07) is 5.60. The van der Waals surface area contributed by atoms with Gasteiger partial charge in [0, 0.05) is 12.6 Å². The molecule has 0 radical (unpaired) electrons. The fourth-order valence-corrected chi connectivity index (χ4v) is 0.994. The number of amides is 1. The van der Waals surface area contributed by atoms with Gasteiger partial charge in [0.05, 0.1) is 5.97 Å². The fourth-order valence-electron chi connectivity index (χ4n) is 0.994. The second-order valence-electron chi connectivity index (χ2n) is 3.00. The van der Waals surface area contributed by atoms with Crippen molar-refractivity contribution < 1.29 is 19.1 Å². The molecule has 0 saturated carbocycles. The summed E-state index contributed by atoms with van der Waals surface area (Å²) in [4.78, 5) is 21.0. The standard InChI is InChI=1S/C11H10FNO3/c12-9-3-1-8(2-4-9)7-13-10(14)5-6-11(15)16/h1-6H,7H2,(H,13,14)(H,15,16)/p-1. The number of hydrogen-bond acceptors (Lipinski definition) is 3. The van der Waals surface area contributed by atoms with E-state index in [9.17, 15) is 19.1 Å². The molecule has 0 aliphatic rings. The Kier molecular flexibility index (Phi) is 4.20. The molecule has 1 aromatic carbocycles. The highest BCUT2D eigenvalue weighted by molar-refractivity contribution is 5.93. The maximum absolute atomic E-state index is 12.5. The summed E-state index contributed by atoms with van der Waals surface area (Å²) in [5.41, 5.74) is 0.719. The summed E-state index contributed by atoms with van der Waals surface area (Å²) in [5.74, 6) is -2.34.